The molecule has 0 saturated carbocycles. The molecule has 0 atom stereocenters. The lowest BCUT2D eigenvalue weighted by Crippen LogP contribution is -2.49. The number of hydrogen-bond acceptors (Lipinski definition) is 5. The maximum atomic E-state index is 12.9. The van der Waals surface area contributed by atoms with Crippen LogP contribution in [0.3, 0.4) is 0 Å². The van der Waals surface area contributed by atoms with E-state index < -0.39 is 5.41 Å². The monoisotopic (exact) mass is 457 g/mol. The number of nitrogens with one attached hydrogen (secondary N) is 1. The van der Waals surface area contributed by atoms with E-state index in [-0.39, 0.29) is 11.8 Å². The van der Waals surface area contributed by atoms with Gasteiger partial charge in [0.25, 0.3) is 0 Å². The van der Waals surface area contributed by atoms with Gasteiger partial charge in [-0.2, -0.15) is 0 Å². The smallest absolute Gasteiger partial charge is 0.234 e. The highest BCUT2D eigenvalue weighted by atomic mass is 16.2. The number of piperazine rings is 1. The molecule has 0 aliphatic carbocycles. The maximum absolute atomic E-state index is 12.9. The van der Waals surface area contributed by atoms with Crippen molar-refractivity contribution in [2.45, 2.75) is 32.6 Å². The molecule has 7 nitrogen and oxygen atoms in total. The fourth-order valence-electron chi connectivity index (χ4n) is 3.99. The molecule has 0 unspecified atom stereocenters. The van der Waals surface area contributed by atoms with E-state index in [9.17, 15) is 9.59 Å². The molecule has 2 heterocycles. The summed E-state index contributed by atoms with van der Waals surface area (Å²) in [5.74, 6) is 0.740. The molecule has 1 aliphatic heterocycles. The zero-order chi connectivity index (χ0) is 24.1. The second kappa shape index (κ2) is 10.0. The van der Waals surface area contributed by atoms with E-state index in [1.807, 2.05) is 74.2 Å². The number of carbonyl (C=O) groups is 2. The van der Waals surface area contributed by atoms with Crippen molar-refractivity contribution in [2.24, 2.45) is 0 Å². The van der Waals surface area contributed by atoms with Crippen molar-refractivity contribution in [2.75, 3.05) is 36.4 Å². The average Bonchev–Trinajstić information content (AvgIpc) is 2.86. The molecular weight excluding hydrogens is 426 g/mol. The normalized spacial score (nSPS) is 14.1. The largest absolute Gasteiger partial charge is 0.339 e. The summed E-state index contributed by atoms with van der Waals surface area (Å²) in [6.45, 7) is 8.61. The molecule has 0 bridgehead atoms. The van der Waals surface area contributed by atoms with Crippen LogP contribution >= 0.6 is 0 Å². The molecule has 2 aromatic carbocycles. The average molecular weight is 458 g/mol. The minimum atomic E-state index is -0.657. The first-order valence-corrected chi connectivity index (χ1v) is 11.6. The van der Waals surface area contributed by atoms with E-state index in [4.69, 9.17) is 0 Å². The Hall–Kier alpha value is -3.74. The molecule has 176 valence electrons. The third-order valence-electron chi connectivity index (χ3n) is 6.38. The number of benzene rings is 2. The van der Waals surface area contributed by atoms with Gasteiger partial charge in [0, 0.05) is 44.3 Å². The molecule has 1 aliphatic rings. The minimum absolute atomic E-state index is 0.0690. The Morgan fingerprint density at radius 2 is 1.53 bits per heavy atom. The molecular formula is C27H31N5O2. The third-order valence-corrected chi connectivity index (χ3v) is 6.38. The van der Waals surface area contributed by atoms with Gasteiger partial charge in [-0.1, -0.05) is 42.0 Å². The van der Waals surface area contributed by atoms with Gasteiger partial charge in [-0.05, 0) is 50.1 Å². The van der Waals surface area contributed by atoms with Gasteiger partial charge in [0.2, 0.25) is 17.8 Å². The Balaban J connectivity index is 1.30. The first kappa shape index (κ1) is 23.4. The minimum Gasteiger partial charge on any atom is -0.339 e. The van der Waals surface area contributed by atoms with Crippen LogP contribution < -0.4 is 10.2 Å². The number of carbonyl (C=O) groups excluding carboxylic acids is 2. The standard InChI is InChI=1S/C27H31N5O2/c1-20-5-9-22(10-6-20)27(2,3)25(34)30-23-11-7-21(8-12-23)19-24(33)31-15-17-32(18-16-31)26-28-13-4-14-29-26/h4-14H,15-19H2,1-3H3,(H,30,34). The lowest BCUT2D eigenvalue weighted by atomic mass is 9.83. The Morgan fingerprint density at radius 1 is 0.912 bits per heavy atom. The highest BCUT2D eigenvalue weighted by Crippen LogP contribution is 2.25. The SMILES string of the molecule is Cc1ccc(C(C)(C)C(=O)Nc2ccc(CC(=O)N3CCN(c4ncccn4)CC3)cc2)cc1. The lowest BCUT2D eigenvalue weighted by molar-refractivity contribution is -0.130. The molecule has 3 aromatic rings. The number of aromatic nitrogens is 2. The molecule has 1 N–H and O–H groups in total. The van der Waals surface area contributed by atoms with Crippen molar-refractivity contribution in [1.82, 2.24) is 14.9 Å². The topological polar surface area (TPSA) is 78.4 Å². The maximum Gasteiger partial charge on any atom is 0.234 e. The second-order valence-electron chi connectivity index (χ2n) is 9.24. The summed E-state index contributed by atoms with van der Waals surface area (Å²) < 4.78 is 0. The predicted octanol–water partition coefficient (Wildman–Crippen LogP) is 3.59. The quantitative estimate of drug-likeness (QED) is 0.612. The van der Waals surface area contributed by atoms with Crippen LogP contribution in [0, 0.1) is 6.92 Å². The fourth-order valence-corrected chi connectivity index (χ4v) is 3.99. The van der Waals surface area contributed by atoms with E-state index in [1.54, 1.807) is 18.5 Å². The van der Waals surface area contributed by atoms with E-state index in [0.717, 1.165) is 35.5 Å². The van der Waals surface area contributed by atoms with Gasteiger partial charge >= 0.3 is 0 Å². The van der Waals surface area contributed by atoms with Crippen LogP contribution in [-0.2, 0) is 21.4 Å². The number of amides is 2. The Bertz CT molecular complexity index is 1120. The van der Waals surface area contributed by atoms with E-state index in [2.05, 4.69) is 20.2 Å². The van der Waals surface area contributed by atoms with Crippen LogP contribution in [0.5, 0.6) is 0 Å². The van der Waals surface area contributed by atoms with Gasteiger partial charge in [0.15, 0.2) is 0 Å². The Kier molecular flexibility index (Phi) is 6.91. The summed E-state index contributed by atoms with van der Waals surface area (Å²) in [5.41, 5.74) is 3.12. The molecule has 7 heteroatoms. The lowest BCUT2D eigenvalue weighted by Gasteiger charge is -2.34. The van der Waals surface area contributed by atoms with Crippen molar-refractivity contribution < 1.29 is 9.59 Å². The van der Waals surface area contributed by atoms with Gasteiger partial charge in [0.1, 0.15) is 0 Å². The van der Waals surface area contributed by atoms with E-state index in [0.29, 0.717) is 25.5 Å². The summed E-state index contributed by atoms with van der Waals surface area (Å²) in [6, 6.07) is 17.3. The van der Waals surface area contributed by atoms with Crippen LogP contribution in [0.2, 0.25) is 0 Å². The highest BCUT2D eigenvalue weighted by Gasteiger charge is 2.29. The molecule has 34 heavy (non-hydrogen) atoms. The van der Waals surface area contributed by atoms with Crippen LogP contribution in [0.4, 0.5) is 11.6 Å². The Labute approximate surface area is 200 Å². The van der Waals surface area contributed by atoms with Crippen molar-refractivity contribution in [3.63, 3.8) is 0 Å². The first-order valence-electron chi connectivity index (χ1n) is 11.6. The number of hydrogen-bond donors (Lipinski definition) is 1. The van der Waals surface area contributed by atoms with Crippen LogP contribution in [-0.4, -0.2) is 52.9 Å². The van der Waals surface area contributed by atoms with Gasteiger partial charge in [-0.15, -0.1) is 0 Å². The highest BCUT2D eigenvalue weighted by molar-refractivity contribution is 5.98. The second-order valence-corrected chi connectivity index (χ2v) is 9.24. The summed E-state index contributed by atoms with van der Waals surface area (Å²) in [4.78, 5) is 38.3. The molecule has 1 aromatic heterocycles. The zero-order valence-electron chi connectivity index (χ0n) is 20.0. The van der Waals surface area contributed by atoms with Gasteiger partial charge in [-0.25, -0.2) is 9.97 Å². The van der Waals surface area contributed by atoms with Crippen molar-refractivity contribution in [3.05, 3.63) is 83.7 Å². The number of aryl methyl sites for hydroxylation is 1. The van der Waals surface area contributed by atoms with Crippen molar-refractivity contribution in [1.29, 1.82) is 0 Å². The summed E-state index contributed by atoms with van der Waals surface area (Å²) in [7, 11) is 0. The van der Waals surface area contributed by atoms with E-state index in [1.165, 1.54) is 0 Å². The summed E-state index contributed by atoms with van der Waals surface area (Å²) >= 11 is 0. The summed E-state index contributed by atoms with van der Waals surface area (Å²) in [5, 5.41) is 3.01. The molecule has 2 amide bonds. The van der Waals surface area contributed by atoms with Crippen LogP contribution in [0.15, 0.2) is 67.0 Å². The predicted molar refractivity (Wildman–Crippen MR) is 134 cm³/mol. The third kappa shape index (κ3) is 5.42. The van der Waals surface area contributed by atoms with Gasteiger partial charge in [-0.3, -0.25) is 9.59 Å². The number of anilines is 2. The Morgan fingerprint density at radius 3 is 2.15 bits per heavy atom. The fraction of sp³-hybridized carbons (Fsp3) is 0.333. The summed E-state index contributed by atoms with van der Waals surface area (Å²) in [6.07, 6.45) is 3.80. The van der Waals surface area contributed by atoms with Gasteiger partial charge < -0.3 is 15.1 Å². The van der Waals surface area contributed by atoms with E-state index >= 15 is 0 Å². The molecule has 1 saturated heterocycles. The molecule has 1 fully saturated rings. The van der Waals surface area contributed by atoms with Crippen molar-refractivity contribution >= 4 is 23.5 Å². The van der Waals surface area contributed by atoms with Gasteiger partial charge in [0.05, 0.1) is 11.8 Å². The van der Waals surface area contributed by atoms with Crippen LogP contribution in [0.25, 0.3) is 0 Å². The molecule has 0 radical (unpaired) electrons. The number of rotatable bonds is 6. The van der Waals surface area contributed by atoms with Crippen molar-refractivity contribution in [3.8, 4) is 0 Å². The zero-order valence-corrected chi connectivity index (χ0v) is 20.0. The first-order chi connectivity index (χ1) is 16.3. The molecule has 4 rings (SSSR count). The number of nitrogens with zero attached hydrogens (tertiary/aromatic N) is 4. The van der Waals surface area contributed by atoms with Crippen LogP contribution in [0.1, 0.15) is 30.5 Å². The molecule has 0 spiro atoms.